The van der Waals surface area contributed by atoms with Crippen molar-refractivity contribution in [3.63, 3.8) is 0 Å². The topological polar surface area (TPSA) is 38.3 Å². The van der Waals surface area contributed by atoms with Gasteiger partial charge in [0.15, 0.2) is 0 Å². The molecule has 0 spiro atoms. The van der Waals surface area contributed by atoms with Crippen LogP contribution in [0.5, 0.6) is 5.75 Å². The minimum absolute atomic E-state index is 0.213. The molecule has 1 N–H and O–H groups in total. The summed E-state index contributed by atoms with van der Waals surface area (Å²) in [5, 5.41) is 2.56. The largest absolute Gasteiger partial charge is 0.573 e. The first kappa shape index (κ1) is 16.6. The summed E-state index contributed by atoms with van der Waals surface area (Å²) in [5.74, 6) is -0.523. The van der Waals surface area contributed by atoms with E-state index >= 15 is 0 Å². The van der Waals surface area contributed by atoms with E-state index in [-0.39, 0.29) is 18.1 Å². The van der Waals surface area contributed by atoms with Crippen LogP contribution in [-0.2, 0) is 11.2 Å². The van der Waals surface area contributed by atoms with Crippen molar-refractivity contribution in [1.82, 2.24) is 5.32 Å². The predicted octanol–water partition coefficient (Wildman–Crippen LogP) is 3.91. The van der Waals surface area contributed by atoms with Crippen molar-refractivity contribution in [3.8, 4) is 5.75 Å². The van der Waals surface area contributed by atoms with Gasteiger partial charge < -0.3 is 10.1 Å². The number of alkyl halides is 3. The SMILES string of the molecule is O=C(Cc1ccccc1)NC=Cc1cccc(OC(F)(F)F)c1. The molecule has 2 rings (SSSR count). The molecule has 0 aromatic heterocycles. The summed E-state index contributed by atoms with van der Waals surface area (Å²) in [7, 11) is 0. The summed E-state index contributed by atoms with van der Waals surface area (Å²) in [6.45, 7) is 0. The van der Waals surface area contributed by atoms with Crippen molar-refractivity contribution < 1.29 is 22.7 Å². The van der Waals surface area contributed by atoms with E-state index in [9.17, 15) is 18.0 Å². The zero-order valence-corrected chi connectivity index (χ0v) is 12.0. The summed E-state index contributed by atoms with van der Waals surface area (Å²) in [4.78, 5) is 11.7. The third-order valence-electron chi connectivity index (χ3n) is 2.82. The number of hydrogen-bond donors (Lipinski definition) is 1. The zero-order chi connectivity index (χ0) is 16.7. The van der Waals surface area contributed by atoms with E-state index in [0.29, 0.717) is 5.56 Å². The Hall–Kier alpha value is -2.76. The molecule has 0 radical (unpaired) electrons. The Morgan fingerprint density at radius 3 is 2.52 bits per heavy atom. The normalized spacial score (nSPS) is 11.4. The highest BCUT2D eigenvalue weighted by Gasteiger charge is 2.30. The Morgan fingerprint density at radius 2 is 1.83 bits per heavy atom. The molecular weight excluding hydrogens is 307 g/mol. The standard InChI is InChI=1S/C17H14F3NO2/c18-17(19,20)23-15-8-4-7-14(11-15)9-10-21-16(22)12-13-5-2-1-3-6-13/h1-11H,12H2,(H,21,22). The lowest BCUT2D eigenvalue weighted by Crippen LogP contribution is -2.19. The monoisotopic (exact) mass is 321 g/mol. The molecule has 0 saturated carbocycles. The van der Waals surface area contributed by atoms with Crippen LogP contribution in [0, 0.1) is 0 Å². The molecule has 120 valence electrons. The molecule has 1 amide bonds. The number of amides is 1. The van der Waals surface area contributed by atoms with Crippen LogP contribution in [0.2, 0.25) is 0 Å². The van der Waals surface area contributed by atoms with E-state index in [0.717, 1.165) is 5.56 Å². The molecule has 0 aliphatic carbocycles. The van der Waals surface area contributed by atoms with E-state index in [4.69, 9.17) is 0 Å². The van der Waals surface area contributed by atoms with Crippen LogP contribution in [0.4, 0.5) is 13.2 Å². The van der Waals surface area contributed by atoms with Gasteiger partial charge in [-0.15, -0.1) is 13.2 Å². The summed E-state index contributed by atoms with van der Waals surface area (Å²) >= 11 is 0. The number of nitrogens with one attached hydrogen (secondary N) is 1. The van der Waals surface area contributed by atoms with Gasteiger partial charge in [0.1, 0.15) is 5.75 Å². The second-order valence-corrected chi connectivity index (χ2v) is 4.68. The van der Waals surface area contributed by atoms with Gasteiger partial charge in [0.25, 0.3) is 0 Å². The number of halogens is 3. The lowest BCUT2D eigenvalue weighted by molar-refractivity contribution is -0.274. The smallest absolute Gasteiger partial charge is 0.406 e. The van der Waals surface area contributed by atoms with Crippen LogP contribution in [0.1, 0.15) is 11.1 Å². The van der Waals surface area contributed by atoms with Gasteiger partial charge in [-0.05, 0) is 29.3 Å². The Bertz CT molecular complexity index is 682. The molecular formula is C17H14F3NO2. The van der Waals surface area contributed by atoms with Gasteiger partial charge in [-0.2, -0.15) is 0 Å². The molecule has 0 heterocycles. The quantitative estimate of drug-likeness (QED) is 0.906. The first-order valence-corrected chi connectivity index (χ1v) is 6.78. The Morgan fingerprint density at radius 1 is 1.09 bits per heavy atom. The van der Waals surface area contributed by atoms with Gasteiger partial charge in [-0.3, -0.25) is 4.79 Å². The third-order valence-corrected chi connectivity index (χ3v) is 2.82. The highest BCUT2D eigenvalue weighted by Crippen LogP contribution is 2.23. The number of hydrogen-bond acceptors (Lipinski definition) is 2. The van der Waals surface area contributed by atoms with Gasteiger partial charge in [0.2, 0.25) is 5.91 Å². The minimum atomic E-state index is -4.73. The second-order valence-electron chi connectivity index (χ2n) is 4.68. The fourth-order valence-corrected chi connectivity index (χ4v) is 1.88. The molecule has 0 unspecified atom stereocenters. The molecule has 3 nitrogen and oxygen atoms in total. The molecule has 2 aromatic carbocycles. The number of ether oxygens (including phenoxy) is 1. The van der Waals surface area contributed by atoms with Gasteiger partial charge in [-0.1, -0.05) is 42.5 Å². The van der Waals surface area contributed by atoms with Crippen LogP contribution in [-0.4, -0.2) is 12.3 Å². The molecule has 0 atom stereocenters. The second kappa shape index (κ2) is 7.49. The minimum Gasteiger partial charge on any atom is -0.406 e. The molecule has 23 heavy (non-hydrogen) atoms. The van der Waals surface area contributed by atoms with Crippen LogP contribution in [0.15, 0.2) is 60.8 Å². The van der Waals surface area contributed by atoms with Crippen molar-refractivity contribution in [2.24, 2.45) is 0 Å². The number of carbonyl (C=O) groups is 1. The fraction of sp³-hybridized carbons (Fsp3) is 0.118. The van der Waals surface area contributed by atoms with Crippen LogP contribution < -0.4 is 10.1 Å². The first-order valence-electron chi connectivity index (χ1n) is 6.78. The van der Waals surface area contributed by atoms with Crippen molar-refractivity contribution in [3.05, 3.63) is 71.9 Å². The van der Waals surface area contributed by atoms with Crippen molar-refractivity contribution in [1.29, 1.82) is 0 Å². The lowest BCUT2D eigenvalue weighted by Gasteiger charge is -2.08. The van der Waals surface area contributed by atoms with E-state index in [2.05, 4.69) is 10.1 Å². The maximum atomic E-state index is 12.1. The maximum absolute atomic E-state index is 12.1. The molecule has 0 saturated heterocycles. The molecule has 0 fully saturated rings. The summed E-state index contributed by atoms with van der Waals surface area (Å²) in [6, 6.07) is 14.7. The first-order chi connectivity index (χ1) is 10.9. The summed E-state index contributed by atoms with van der Waals surface area (Å²) in [6.07, 6.45) is -1.63. The lowest BCUT2D eigenvalue weighted by atomic mass is 10.1. The number of rotatable bonds is 5. The molecule has 0 bridgehead atoms. The fourth-order valence-electron chi connectivity index (χ4n) is 1.88. The third kappa shape index (κ3) is 6.25. The maximum Gasteiger partial charge on any atom is 0.573 e. The molecule has 0 aliphatic heterocycles. The summed E-state index contributed by atoms with van der Waals surface area (Å²) < 4.78 is 40.2. The Kier molecular flexibility index (Phi) is 5.41. The van der Waals surface area contributed by atoms with Crippen molar-refractivity contribution in [2.75, 3.05) is 0 Å². The van der Waals surface area contributed by atoms with E-state index < -0.39 is 6.36 Å². The van der Waals surface area contributed by atoms with Crippen LogP contribution in [0.3, 0.4) is 0 Å². The Labute approximate surface area is 131 Å². The zero-order valence-electron chi connectivity index (χ0n) is 12.0. The van der Waals surface area contributed by atoms with E-state index in [1.165, 1.54) is 30.5 Å². The van der Waals surface area contributed by atoms with Gasteiger partial charge in [0, 0.05) is 6.20 Å². The van der Waals surface area contributed by atoms with Gasteiger partial charge in [-0.25, -0.2) is 0 Å². The Balaban J connectivity index is 1.90. The van der Waals surface area contributed by atoms with Crippen LogP contribution >= 0.6 is 0 Å². The van der Waals surface area contributed by atoms with E-state index in [1.807, 2.05) is 30.3 Å². The number of benzene rings is 2. The molecule has 0 aliphatic rings. The van der Waals surface area contributed by atoms with Crippen LogP contribution in [0.25, 0.3) is 6.08 Å². The number of carbonyl (C=O) groups excluding carboxylic acids is 1. The molecule has 6 heteroatoms. The summed E-state index contributed by atoms with van der Waals surface area (Å²) in [5.41, 5.74) is 1.35. The van der Waals surface area contributed by atoms with Crippen molar-refractivity contribution >= 4 is 12.0 Å². The van der Waals surface area contributed by atoms with Crippen molar-refractivity contribution in [2.45, 2.75) is 12.8 Å². The average Bonchev–Trinajstić information content (AvgIpc) is 2.47. The average molecular weight is 321 g/mol. The molecule has 2 aromatic rings. The van der Waals surface area contributed by atoms with E-state index in [1.54, 1.807) is 6.07 Å². The predicted molar refractivity (Wildman–Crippen MR) is 80.4 cm³/mol. The highest BCUT2D eigenvalue weighted by atomic mass is 19.4. The highest BCUT2D eigenvalue weighted by molar-refractivity contribution is 5.80. The van der Waals surface area contributed by atoms with Gasteiger partial charge >= 0.3 is 6.36 Å². The van der Waals surface area contributed by atoms with Gasteiger partial charge in [0.05, 0.1) is 6.42 Å².